The third kappa shape index (κ3) is 1.49. The average Bonchev–Trinajstić information content (AvgIpc) is 2.76. The summed E-state index contributed by atoms with van der Waals surface area (Å²) in [7, 11) is 0. The Balaban J connectivity index is 2.56. The average molecular weight is 240 g/mol. The van der Waals surface area contributed by atoms with Crippen LogP contribution in [-0.4, -0.2) is 19.7 Å². The van der Waals surface area contributed by atoms with Crippen LogP contribution in [-0.2, 0) is 0 Å². The van der Waals surface area contributed by atoms with Crippen LogP contribution < -0.4 is 0 Å². The van der Waals surface area contributed by atoms with Gasteiger partial charge >= 0.3 is 0 Å². The van der Waals surface area contributed by atoms with Gasteiger partial charge in [-0.05, 0) is 39.3 Å². The van der Waals surface area contributed by atoms with Gasteiger partial charge in [0.05, 0.1) is 17.2 Å². The van der Waals surface area contributed by atoms with Crippen molar-refractivity contribution < 1.29 is 0 Å². The molecule has 0 fully saturated rings. The molecule has 4 nitrogen and oxygen atoms in total. The smallest absolute Gasteiger partial charge is 0.125 e. The van der Waals surface area contributed by atoms with Gasteiger partial charge in [0.25, 0.3) is 0 Å². The van der Waals surface area contributed by atoms with Crippen LogP contribution in [0.15, 0.2) is 18.5 Å². The van der Waals surface area contributed by atoms with Crippen molar-refractivity contribution in [3.8, 4) is 0 Å². The predicted octanol–water partition coefficient (Wildman–Crippen LogP) is 3.18. The standard InChI is InChI=1S/C14H16N4/c1-8(2)18-14-12(7-16-18)9(3)5-11-6-15-10(4)17-13(11)14/h5-8H,1-4H3. The highest BCUT2D eigenvalue weighted by molar-refractivity contribution is 6.04. The quantitative estimate of drug-likeness (QED) is 0.656. The zero-order chi connectivity index (χ0) is 12.9. The fourth-order valence-corrected chi connectivity index (χ4v) is 2.36. The molecule has 0 saturated carbocycles. The molecular formula is C14H16N4. The highest BCUT2D eigenvalue weighted by atomic mass is 15.3. The second-order valence-corrected chi connectivity index (χ2v) is 4.99. The SMILES string of the molecule is Cc1ncc2cc(C)c3cnn(C(C)C)c3c2n1. The number of aromatic nitrogens is 4. The number of benzene rings is 1. The first-order chi connectivity index (χ1) is 8.58. The number of fused-ring (bicyclic) bond motifs is 3. The van der Waals surface area contributed by atoms with Crippen LogP contribution in [0.3, 0.4) is 0 Å². The fourth-order valence-electron chi connectivity index (χ4n) is 2.36. The van der Waals surface area contributed by atoms with Gasteiger partial charge < -0.3 is 0 Å². The highest BCUT2D eigenvalue weighted by Crippen LogP contribution is 2.28. The van der Waals surface area contributed by atoms with Crippen LogP contribution in [0.25, 0.3) is 21.8 Å². The molecule has 0 amide bonds. The van der Waals surface area contributed by atoms with Crippen LogP contribution in [0.5, 0.6) is 0 Å². The van der Waals surface area contributed by atoms with Crippen molar-refractivity contribution in [3.63, 3.8) is 0 Å². The van der Waals surface area contributed by atoms with Gasteiger partial charge in [0, 0.05) is 23.0 Å². The molecule has 0 radical (unpaired) electrons. The molecule has 0 aliphatic heterocycles. The van der Waals surface area contributed by atoms with Crippen molar-refractivity contribution in [1.29, 1.82) is 0 Å². The first-order valence-corrected chi connectivity index (χ1v) is 6.18. The van der Waals surface area contributed by atoms with Crippen molar-refractivity contribution >= 4 is 21.8 Å². The lowest BCUT2D eigenvalue weighted by molar-refractivity contribution is 0.551. The van der Waals surface area contributed by atoms with E-state index in [0.29, 0.717) is 6.04 Å². The van der Waals surface area contributed by atoms with E-state index in [2.05, 4.69) is 41.9 Å². The molecule has 0 aliphatic carbocycles. The maximum Gasteiger partial charge on any atom is 0.125 e. The van der Waals surface area contributed by atoms with E-state index < -0.39 is 0 Å². The molecule has 0 saturated heterocycles. The summed E-state index contributed by atoms with van der Waals surface area (Å²) in [6.45, 7) is 8.29. The molecule has 0 aliphatic rings. The summed E-state index contributed by atoms with van der Waals surface area (Å²) < 4.78 is 2.04. The minimum atomic E-state index is 0.322. The molecule has 0 N–H and O–H groups in total. The summed E-state index contributed by atoms with van der Waals surface area (Å²) in [5.74, 6) is 0.796. The second-order valence-electron chi connectivity index (χ2n) is 4.99. The lowest BCUT2D eigenvalue weighted by atomic mass is 10.1. The topological polar surface area (TPSA) is 43.6 Å². The van der Waals surface area contributed by atoms with Gasteiger partial charge in [-0.3, -0.25) is 4.68 Å². The van der Waals surface area contributed by atoms with Crippen molar-refractivity contribution in [2.24, 2.45) is 0 Å². The van der Waals surface area contributed by atoms with E-state index in [9.17, 15) is 0 Å². The molecular weight excluding hydrogens is 224 g/mol. The third-order valence-electron chi connectivity index (χ3n) is 3.24. The van der Waals surface area contributed by atoms with Crippen LogP contribution in [0.2, 0.25) is 0 Å². The zero-order valence-electron chi connectivity index (χ0n) is 11.1. The normalized spacial score (nSPS) is 11.8. The number of nitrogens with zero attached hydrogens (tertiary/aromatic N) is 4. The number of rotatable bonds is 1. The summed E-state index contributed by atoms with van der Waals surface area (Å²) in [6.07, 6.45) is 3.82. The molecule has 0 bridgehead atoms. The molecule has 2 heterocycles. The van der Waals surface area contributed by atoms with E-state index in [-0.39, 0.29) is 0 Å². The Morgan fingerprint density at radius 2 is 1.94 bits per heavy atom. The fraction of sp³-hybridized carbons (Fsp3) is 0.357. The summed E-state index contributed by atoms with van der Waals surface area (Å²) in [5.41, 5.74) is 3.33. The molecule has 18 heavy (non-hydrogen) atoms. The summed E-state index contributed by atoms with van der Waals surface area (Å²) in [5, 5.41) is 6.74. The van der Waals surface area contributed by atoms with Gasteiger partial charge in [0.1, 0.15) is 5.82 Å². The summed E-state index contributed by atoms with van der Waals surface area (Å²) in [6, 6.07) is 2.45. The van der Waals surface area contributed by atoms with Crippen LogP contribution in [0.4, 0.5) is 0 Å². The van der Waals surface area contributed by atoms with Gasteiger partial charge in [-0.2, -0.15) is 5.10 Å². The minimum absolute atomic E-state index is 0.322. The first-order valence-electron chi connectivity index (χ1n) is 6.18. The van der Waals surface area contributed by atoms with Gasteiger partial charge in [-0.1, -0.05) is 0 Å². The Kier molecular flexibility index (Phi) is 2.33. The Morgan fingerprint density at radius 3 is 2.67 bits per heavy atom. The van der Waals surface area contributed by atoms with Crippen LogP contribution in [0.1, 0.15) is 31.3 Å². The van der Waals surface area contributed by atoms with Crippen molar-refractivity contribution in [1.82, 2.24) is 19.7 Å². The van der Waals surface area contributed by atoms with E-state index in [4.69, 9.17) is 0 Å². The van der Waals surface area contributed by atoms with E-state index in [1.165, 1.54) is 10.9 Å². The van der Waals surface area contributed by atoms with E-state index in [0.717, 1.165) is 22.2 Å². The predicted molar refractivity (Wildman–Crippen MR) is 72.7 cm³/mol. The zero-order valence-corrected chi connectivity index (χ0v) is 11.1. The summed E-state index contributed by atoms with van der Waals surface area (Å²) >= 11 is 0. The second kappa shape index (κ2) is 3.77. The molecule has 2 aromatic heterocycles. The molecule has 92 valence electrons. The molecule has 1 aromatic carbocycles. The van der Waals surface area contributed by atoms with E-state index >= 15 is 0 Å². The Bertz CT molecular complexity index is 740. The van der Waals surface area contributed by atoms with Crippen LogP contribution in [0, 0.1) is 13.8 Å². The van der Waals surface area contributed by atoms with E-state index in [1.54, 1.807) is 0 Å². The molecule has 0 spiro atoms. The lowest BCUT2D eigenvalue weighted by Crippen LogP contribution is -2.03. The van der Waals surface area contributed by atoms with Crippen molar-refractivity contribution in [2.75, 3.05) is 0 Å². The van der Waals surface area contributed by atoms with Gasteiger partial charge in [-0.25, -0.2) is 9.97 Å². The maximum absolute atomic E-state index is 4.59. The maximum atomic E-state index is 4.59. The Morgan fingerprint density at radius 1 is 1.17 bits per heavy atom. The number of aryl methyl sites for hydroxylation is 2. The lowest BCUT2D eigenvalue weighted by Gasteiger charge is -2.10. The summed E-state index contributed by atoms with van der Waals surface area (Å²) in [4.78, 5) is 8.86. The molecule has 3 rings (SSSR count). The molecule has 0 atom stereocenters. The largest absolute Gasteiger partial charge is 0.260 e. The third-order valence-corrected chi connectivity index (χ3v) is 3.24. The minimum Gasteiger partial charge on any atom is -0.260 e. The van der Waals surface area contributed by atoms with Crippen molar-refractivity contribution in [3.05, 3.63) is 29.8 Å². The first kappa shape index (κ1) is 11.1. The number of hydrogen-bond acceptors (Lipinski definition) is 3. The molecule has 4 heteroatoms. The van der Waals surface area contributed by atoms with Gasteiger partial charge in [0.15, 0.2) is 0 Å². The molecule has 3 aromatic rings. The van der Waals surface area contributed by atoms with Crippen molar-refractivity contribution in [2.45, 2.75) is 33.7 Å². The number of hydrogen-bond donors (Lipinski definition) is 0. The van der Waals surface area contributed by atoms with Gasteiger partial charge in [0.2, 0.25) is 0 Å². The van der Waals surface area contributed by atoms with E-state index in [1.807, 2.05) is 24.0 Å². The monoisotopic (exact) mass is 240 g/mol. The Labute approximate surface area is 106 Å². The molecule has 0 unspecified atom stereocenters. The van der Waals surface area contributed by atoms with Crippen LogP contribution >= 0.6 is 0 Å². The Hall–Kier alpha value is -1.97. The highest BCUT2D eigenvalue weighted by Gasteiger charge is 2.13. The van der Waals surface area contributed by atoms with Gasteiger partial charge in [-0.15, -0.1) is 0 Å².